The van der Waals surface area contributed by atoms with Gasteiger partial charge < -0.3 is 5.32 Å². The molecule has 0 aliphatic carbocycles. The molecule has 0 aliphatic heterocycles. The Bertz CT molecular complexity index is 871. The van der Waals surface area contributed by atoms with Crippen LogP contribution in [0, 0.1) is 13.8 Å². The van der Waals surface area contributed by atoms with Crippen molar-refractivity contribution in [1.29, 1.82) is 0 Å². The molecule has 0 spiro atoms. The zero-order valence-electron chi connectivity index (χ0n) is 15.7. The van der Waals surface area contributed by atoms with Crippen LogP contribution >= 0.6 is 0 Å². The van der Waals surface area contributed by atoms with Gasteiger partial charge in [-0.3, -0.25) is 9.10 Å². The molecule has 6 heteroatoms. The molecule has 2 aromatic rings. The molecule has 0 aromatic heterocycles. The number of aryl methyl sites for hydroxylation is 3. The lowest BCUT2D eigenvalue weighted by molar-refractivity contribution is -0.116. The van der Waals surface area contributed by atoms with Gasteiger partial charge in [0.1, 0.15) is 0 Å². The number of para-hydroxylation sites is 1. The highest BCUT2D eigenvalue weighted by atomic mass is 32.2. The number of carbonyl (C=O) groups excluding carboxylic acids is 1. The molecule has 0 saturated heterocycles. The van der Waals surface area contributed by atoms with Crippen molar-refractivity contribution >= 4 is 27.3 Å². The maximum atomic E-state index is 12.3. The predicted molar refractivity (Wildman–Crippen MR) is 107 cm³/mol. The summed E-state index contributed by atoms with van der Waals surface area (Å²) in [5.41, 5.74) is 4.38. The van der Waals surface area contributed by atoms with Crippen molar-refractivity contribution in [1.82, 2.24) is 0 Å². The van der Waals surface area contributed by atoms with E-state index in [1.165, 1.54) is 4.31 Å². The average Bonchev–Trinajstić information content (AvgIpc) is 2.53. The maximum absolute atomic E-state index is 12.3. The van der Waals surface area contributed by atoms with E-state index in [1.54, 1.807) is 0 Å². The summed E-state index contributed by atoms with van der Waals surface area (Å²) < 4.78 is 25.7. The topological polar surface area (TPSA) is 66.5 Å². The normalized spacial score (nSPS) is 11.2. The number of hydrogen-bond donors (Lipinski definition) is 1. The van der Waals surface area contributed by atoms with Gasteiger partial charge in [0.05, 0.1) is 11.9 Å². The Balaban J connectivity index is 2.14. The summed E-state index contributed by atoms with van der Waals surface area (Å²) in [4.78, 5) is 12.3. The fraction of sp³-hybridized carbons (Fsp3) is 0.350. The summed E-state index contributed by atoms with van der Waals surface area (Å²) in [6.07, 6.45) is 2.06. The number of amides is 1. The number of anilines is 2. The zero-order valence-corrected chi connectivity index (χ0v) is 16.6. The number of sulfonamides is 1. The minimum atomic E-state index is -3.48. The van der Waals surface area contributed by atoms with Gasteiger partial charge in [-0.15, -0.1) is 0 Å². The Morgan fingerprint density at radius 3 is 2.27 bits per heavy atom. The zero-order chi connectivity index (χ0) is 19.3. The summed E-state index contributed by atoms with van der Waals surface area (Å²) in [5, 5.41) is 2.88. The van der Waals surface area contributed by atoms with Gasteiger partial charge in [-0.1, -0.05) is 31.2 Å². The number of nitrogens with one attached hydrogen (secondary N) is 1. The molecule has 0 atom stereocenters. The lowest BCUT2D eigenvalue weighted by atomic mass is 10.1. The quantitative estimate of drug-likeness (QED) is 0.804. The Labute approximate surface area is 156 Å². The van der Waals surface area contributed by atoms with Crippen LogP contribution in [0.3, 0.4) is 0 Å². The molecular weight excluding hydrogens is 348 g/mol. The summed E-state index contributed by atoms with van der Waals surface area (Å²) >= 11 is 0. The fourth-order valence-electron chi connectivity index (χ4n) is 2.95. The van der Waals surface area contributed by atoms with E-state index >= 15 is 0 Å². The summed E-state index contributed by atoms with van der Waals surface area (Å²) in [5.74, 6) is -0.205. The van der Waals surface area contributed by atoms with Gasteiger partial charge in [-0.25, -0.2) is 8.42 Å². The molecule has 5 nitrogen and oxygen atoms in total. The van der Waals surface area contributed by atoms with E-state index in [-0.39, 0.29) is 18.9 Å². The van der Waals surface area contributed by atoms with Crippen molar-refractivity contribution in [3.8, 4) is 0 Å². The third-order valence-electron chi connectivity index (χ3n) is 4.11. The van der Waals surface area contributed by atoms with Gasteiger partial charge in [0.25, 0.3) is 0 Å². The number of benzene rings is 2. The second kappa shape index (κ2) is 8.36. The third kappa shape index (κ3) is 5.33. The van der Waals surface area contributed by atoms with Gasteiger partial charge in [0.2, 0.25) is 15.9 Å². The van der Waals surface area contributed by atoms with Gasteiger partial charge in [0.15, 0.2) is 0 Å². The van der Waals surface area contributed by atoms with Crippen LogP contribution in [0.1, 0.15) is 30.0 Å². The second-order valence-corrected chi connectivity index (χ2v) is 8.40. The van der Waals surface area contributed by atoms with Crippen LogP contribution < -0.4 is 9.62 Å². The maximum Gasteiger partial charge on any atom is 0.232 e. The smallest absolute Gasteiger partial charge is 0.232 e. The van der Waals surface area contributed by atoms with E-state index in [0.29, 0.717) is 5.69 Å². The highest BCUT2D eigenvalue weighted by Gasteiger charge is 2.19. The van der Waals surface area contributed by atoms with Crippen LogP contribution in [0.4, 0.5) is 11.4 Å². The lowest BCUT2D eigenvalue weighted by Crippen LogP contribution is -2.33. The summed E-state index contributed by atoms with van der Waals surface area (Å²) in [6.45, 7) is 5.97. The molecule has 0 aliphatic rings. The first-order valence-electron chi connectivity index (χ1n) is 8.64. The number of nitrogens with zero attached hydrogens (tertiary/aromatic N) is 1. The molecule has 0 unspecified atom stereocenters. The molecule has 2 rings (SSSR count). The average molecular weight is 375 g/mol. The van der Waals surface area contributed by atoms with Crippen LogP contribution in [-0.2, 0) is 21.2 Å². The van der Waals surface area contributed by atoms with Crippen molar-refractivity contribution in [3.63, 3.8) is 0 Å². The number of hydrogen-bond acceptors (Lipinski definition) is 3. The standard InChI is InChI=1S/C20H26N2O3S/c1-5-17-8-6-7-9-19(17)21-20(23)10-11-22(26(4,24)25)18-13-15(2)12-16(3)14-18/h6-9,12-14H,5,10-11H2,1-4H3,(H,21,23). The van der Waals surface area contributed by atoms with Gasteiger partial charge >= 0.3 is 0 Å². The van der Waals surface area contributed by atoms with Crippen molar-refractivity contribution in [2.45, 2.75) is 33.6 Å². The minimum absolute atomic E-state index is 0.0815. The van der Waals surface area contributed by atoms with Crippen molar-refractivity contribution in [2.24, 2.45) is 0 Å². The highest BCUT2D eigenvalue weighted by Crippen LogP contribution is 2.22. The Morgan fingerprint density at radius 2 is 1.69 bits per heavy atom. The van der Waals surface area contributed by atoms with Gasteiger partial charge in [-0.05, 0) is 55.2 Å². The van der Waals surface area contributed by atoms with Gasteiger partial charge in [-0.2, -0.15) is 0 Å². The number of carbonyl (C=O) groups is 1. The first-order valence-corrected chi connectivity index (χ1v) is 10.5. The van der Waals surface area contributed by atoms with Crippen molar-refractivity contribution < 1.29 is 13.2 Å². The van der Waals surface area contributed by atoms with Crippen LogP contribution in [0.2, 0.25) is 0 Å². The summed E-state index contributed by atoms with van der Waals surface area (Å²) in [6, 6.07) is 13.2. The highest BCUT2D eigenvalue weighted by molar-refractivity contribution is 7.92. The Kier molecular flexibility index (Phi) is 6.42. The van der Waals surface area contributed by atoms with Crippen molar-refractivity contribution in [3.05, 3.63) is 59.2 Å². The van der Waals surface area contributed by atoms with E-state index in [9.17, 15) is 13.2 Å². The van der Waals surface area contributed by atoms with Crippen LogP contribution in [-0.4, -0.2) is 27.1 Å². The van der Waals surface area contributed by atoms with E-state index < -0.39 is 10.0 Å². The molecule has 0 bridgehead atoms. The predicted octanol–water partition coefficient (Wildman–Crippen LogP) is 3.66. The molecule has 2 aromatic carbocycles. The molecule has 1 amide bonds. The first kappa shape index (κ1) is 20.0. The fourth-order valence-corrected chi connectivity index (χ4v) is 3.86. The molecule has 0 radical (unpaired) electrons. The molecule has 0 saturated carbocycles. The molecule has 1 N–H and O–H groups in total. The SMILES string of the molecule is CCc1ccccc1NC(=O)CCN(c1cc(C)cc(C)c1)S(C)(=O)=O. The molecule has 0 fully saturated rings. The van der Waals surface area contributed by atoms with E-state index in [1.807, 2.05) is 63.2 Å². The molecule has 26 heavy (non-hydrogen) atoms. The lowest BCUT2D eigenvalue weighted by Gasteiger charge is -2.23. The third-order valence-corrected chi connectivity index (χ3v) is 5.30. The number of rotatable bonds is 7. The summed E-state index contributed by atoms with van der Waals surface area (Å²) in [7, 11) is -3.48. The second-order valence-electron chi connectivity index (χ2n) is 6.49. The van der Waals surface area contributed by atoms with Crippen molar-refractivity contribution in [2.75, 3.05) is 22.4 Å². The monoisotopic (exact) mass is 374 g/mol. The van der Waals surface area contributed by atoms with E-state index in [4.69, 9.17) is 0 Å². The molecule has 0 heterocycles. The van der Waals surface area contributed by atoms with E-state index in [2.05, 4.69) is 5.32 Å². The molecular formula is C20H26N2O3S. The Morgan fingerprint density at radius 1 is 1.08 bits per heavy atom. The minimum Gasteiger partial charge on any atom is -0.326 e. The van der Waals surface area contributed by atoms with Gasteiger partial charge in [0, 0.05) is 18.7 Å². The van der Waals surface area contributed by atoms with Crippen LogP contribution in [0.25, 0.3) is 0 Å². The van der Waals surface area contributed by atoms with E-state index in [0.717, 1.165) is 35.1 Å². The largest absolute Gasteiger partial charge is 0.326 e. The van der Waals surface area contributed by atoms with Crippen LogP contribution in [0.15, 0.2) is 42.5 Å². The Hall–Kier alpha value is -2.34. The molecule has 140 valence electrons. The van der Waals surface area contributed by atoms with Crippen LogP contribution in [0.5, 0.6) is 0 Å². The first-order chi connectivity index (χ1) is 12.2.